The summed E-state index contributed by atoms with van der Waals surface area (Å²) in [5, 5.41) is 0. The summed E-state index contributed by atoms with van der Waals surface area (Å²) in [6, 6.07) is 0. The minimum atomic E-state index is 1.23. The van der Waals surface area contributed by atoms with E-state index >= 15 is 0 Å². The zero-order valence-electron chi connectivity index (χ0n) is 28.9. The van der Waals surface area contributed by atoms with Crippen LogP contribution in [-0.4, -0.2) is 4.57 Å². The maximum absolute atomic E-state index is 2.63. The number of nitrogens with zero attached hydrogens (tertiary/aromatic N) is 2. The van der Waals surface area contributed by atoms with Crippen molar-refractivity contribution in [1.82, 2.24) is 4.57 Å². The van der Waals surface area contributed by atoms with Gasteiger partial charge < -0.3 is 0 Å². The van der Waals surface area contributed by atoms with Crippen molar-refractivity contribution in [2.45, 2.75) is 233 Å². The van der Waals surface area contributed by atoms with Gasteiger partial charge in [0.05, 0.1) is 13.1 Å². The van der Waals surface area contributed by atoms with Gasteiger partial charge in [0.15, 0.2) is 0 Å². The Morgan fingerprint density at radius 3 is 1.17 bits per heavy atom. The van der Waals surface area contributed by atoms with Crippen LogP contribution in [-0.2, 0) is 19.5 Å². The summed E-state index contributed by atoms with van der Waals surface area (Å²) >= 11 is 0. The van der Waals surface area contributed by atoms with Gasteiger partial charge in [0.25, 0.3) is 5.82 Å². The predicted molar refractivity (Wildman–Crippen MR) is 184 cm³/mol. The van der Waals surface area contributed by atoms with Crippen LogP contribution in [0.25, 0.3) is 0 Å². The minimum absolute atomic E-state index is 1.23. The molecule has 0 aliphatic rings. The summed E-state index contributed by atoms with van der Waals surface area (Å²) in [6.45, 7) is 9.40. The molecule has 1 aromatic rings. The van der Waals surface area contributed by atoms with Crippen molar-refractivity contribution in [2.75, 3.05) is 0 Å². The van der Waals surface area contributed by atoms with Crippen molar-refractivity contribution in [2.24, 2.45) is 0 Å². The highest BCUT2D eigenvalue weighted by Crippen LogP contribution is 2.15. The monoisotopic (exact) mass is 574 g/mol. The van der Waals surface area contributed by atoms with Crippen LogP contribution in [0.5, 0.6) is 0 Å². The molecule has 0 saturated carbocycles. The average molecular weight is 574 g/mol. The van der Waals surface area contributed by atoms with Crippen molar-refractivity contribution in [3.63, 3.8) is 0 Å². The molecule has 0 unspecified atom stereocenters. The van der Waals surface area contributed by atoms with Crippen molar-refractivity contribution >= 4 is 0 Å². The lowest BCUT2D eigenvalue weighted by molar-refractivity contribution is -0.704. The molecule has 0 N–H and O–H groups in total. The second kappa shape index (κ2) is 30.7. The molecule has 1 heterocycles. The van der Waals surface area contributed by atoms with E-state index in [1.54, 1.807) is 5.82 Å². The molecule has 0 spiro atoms. The molecule has 41 heavy (non-hydrogen) atoms. The van der Waals surface area contributed by atoms with Crippen molar-refractivity contribution < 1.29 is 4.57 Å². The maximum Gasteiger partial charge on any atom is 0.256 e. The molecule has 0 amide bonds. The lowest BCUT2D eigenvalue weighted by Crippen LogP contribution is -2.37. The van der Waals surface area contributed by atoms with Crippen LogP contribution in [0.4, 0.5) is 0 Å². The fraction of sp³-hybridized carbons (Fsp3) is 0.923. The molecule has 1 aromatic heterocycles. The van der Waals surface area contributed by atoms with Crippen molar-refractivity contribution in [1.29, 1.82) is 0 Å². The van der Waals surface area contributed by atoms with E-state index in [0.29, 0.717) is 0 Å². The molecule has 2 nitrogen and oxygen atoms in total. The van der Waals surface area contributed by atoms with E-state index in [9.17, 15) is 0 Å². The van der Waals surface area contributed by atoms with E-state index in [1.807, 2.05) is 0 Å². The van der Waals surface area contributed by atoms with E-state index in [0.717, 1.165) is 0 Å². The van der Waals surface area contributed by atoms with E-state index < -0.39 is 0 Å². The number of hydrogen-bond acceptors (Lipinski definition) is 0. The third-order valence-electron chi connectivity index (χ3n) is 9.35. The fourth-order valence-electron chi connectivity index (χ4n) is 6.50. The second-order valence-corrected chi connectivity index (χ2v) is 13.4. The van der Waals surface area contributed by atoms with Gasteiger partial charge in [-0.25, -0.2) is 9.13 Å². The summed E-state index contributed by atoms with van der Waals surface area (Å²) in [5.41, 5.74) is 0. The minimum Gasteiger partial charge on any atom is -0.234 e. The first-order valence-corrected chi connectivity index (χ1v) is 19.4. The van der Waals surface area contributed by atoms with Crippen LogP contribution >= 0.6 is 0 Å². The van der Waals surface area contributed by atoms with Gasteiger partial charge in [0, 0.05) is 6.42 Å². The molecule has 0 radical (unpaired) electrons. The van der Waals surface area contributed by atoms with Gasteiger partial charge in [-0.1, -0.05) is 181 Å². The molecule has 0 aromatic carbocycles. The van der Waals surface area contributed by atoms with Gasteiger partial charge in [-0.05, 0) is 32.1 Å². The number of aryl methyl sites for hydroxylation is 2. The number of rotatable bonds is 33. The molecule has 0 saturated heterocycles. The molecule has 0 fully saturated rings. The quantitative estimate of drug-likeness (QED) is 0.0584. The maximum atomic E-state index is 2.63. The Hall–Kier alpha value is -0.790. The molecule has 0 aliphatic heterocycles. The van der Waals surface area contributed by atoms with Crippen LogP contribution in [0.1, 0.15) is 219 Å². The van der Waals surface area contributed by atoms with Crippen LogP contribution < -0.4 is 4.57 Å². The largest absolute Gasteiger partial charge is 0.256 e. The Morgan fingerprint density at radius 1 is 0.415 bits per heavy atom. The highest BCUT2D eigenvalue weighted by Gasteiger charge is 2.16. The van der Waals surface area contributed by atoms with Gasteiger partial charge in [0.1, 0.15) is 12.4 Å². The van der Waals surface area contributed by atoms with Gasteiger partial charge >= 0.3 is 0 Å². The third kappa shape index (κ3) is 23.4. The second-order valence-electron chi connectivity index (χ2n) is 13.4. The fourth-order valence-corrected chi connectivity index (χ4v) is 6.50. The highest BCUT2D eigenvalue weighted by atomic mass is 15.1. The Bertz CT molecular complexity index is 634. The molecular weight excluding hydrogens is 496 g/mol. The van der Waals surface area contributed by atoms with Crippen molar-refractivity contribution in [3.05, 3.63) is 18.2 Å². The van der Waals surface area contributed by atoms with Crippen LogP contribution in [0.15, 0.2) is 12.4 Å². The summed E-state index contributed by atoms with van der Waals surface area (Å²) in [7, 11) is 0. The standard InChI is InChI=1S/C39H77N2/c1-4-7-10-13-16-18-20-21-23-25-27-30-33-36-41-38-37-40(35-32-29-15-12-9-6-3)39(41)34-31-28-26-24-22-19-17-14-11-8-5-2/h37-38H,4-36H2,1-3H3/q+1. The Labute approximate surface area is 259 Å². The van der Waals surface area contributed by atoms with Crippen LogP contribution in [0.2, 0.25) is 0 Å². The van der Waals surface area contributed by atoms with Gasteiger partial charge in [-0.2, -0.15) is 0 Å². The lowest BCUT2D eigenvalue weighted by Gasteiger charge is -2.07. The predicted octanol–water partition coefficient (Wildman–Crippen LogP) is 13.1. The van der Waals surface area contributed by atoms with E-state index in [1.165, 1.54) is 212 Å². The first-order chi connectivity index (χ1) is 20.3. The Morgan fingerprint density at radius 2 is 0.756 bits per heavy atom. The van der Waals surface area contributed by atoms with Crippen LogP contribution in [0, 0.1) is 0 Å². The zero-order chi connectivity index (χ0) is 29.5. The number of imidazole rings is 1. The summed E-state index contributed by atoms with van der Waals surface area (Å²) < 4.78 is 5.25. The third-order valence-corrected chi connectivity index (χ3v) is 9.35. The van der Waals surface area contributed by atoms with Gasteiger partial charge in [-0.3, -0.25) is 0 Å². The number of hydrogen-bond donors (Lipinski definition) is 0. The summed E-state index contributed by atoms with van der Waals surface area (Å²) in [4.78, 5) is 0. The first-order valence-electron chi connectivity index (χ1n) is 19.4. The number of aromatic nitrogens is 2. The SMILES string of the molecule is CCCCCCCCCCCCCCC[n+]1ccn(CCCCCCCC)c1CCCCCCCCCCCCC. The molecule has 242 valence electrons. The molecule has 2 heteroatoms. The molecule has 0 bridgehead atoms. The summed E-state index contributed by atoms with van der Waals surface area (Å²) in [5.74, 6) is 1.62. The topological polar surface area (TPSA) is 8.81 Å². The van der Waals surface area contributed by atoms with Crippen LogP contribution in [0.3, 0.4) is 0 Å². The Balaban J connectivity index is 2.26. The molecule has 0 atom stereocenters. The first kappa shape index (κ1) is 38.2. The average Bonchev–Trinajstić information content (AvgIpc) is 3.37. The van der Waals surface area contributed by atoms with E-state index in [2.05, 4.69) is 42.3 Å². The number of unbranched alkanes of at least 4 members (excludes halogenated alkanes) is 27. The smallest absolute Gasteiger partial charge is 0.234 e. The van der Waals surface area contributed by atoms with E-state index in [4.69, 9.17) is 0 Å². The lowest BCUT2D eigenvalue weighted by atomic mass is 10.0. The summed E-state index contributed by atoms with van der Waals surface area (Å²) in [6.07, 6.45) is 48.9. The molecule has 0 aliphatic carbocycles. The van der Waals surface area contributed by atoms with Crippen molar-refractivity contribution in [3.8, 4) is 0 Å². The highest BCUT2D eigenvalue weighted by molar-refractivity contribution is 4.84. The van der Waals surface area contributed by atoms with Gasteiger partial charge in [-0.15, -0.1) is 0 Å². The van der Waals surface area contributed by atoms with E-state index in [-0.39, 0.29) is 0 Å². The normalized spacial score (nSPS) is 11.6. The zero-order valence-corrected chi connectivity index (χ0v) is 28.9. The Kier molecular flexibility index (Phi) is 28.6. The molecule has 1 rings (SSSR count). The van der Waals surface area contributed by atoms with Gasteiger partial charge in [0.2, 0.25) is 0 Å². The molecular formula is C39H77N2+.